The van der Waals surface area contributed by atoms with Gasteiger partial charge in [-0.25, -0.2) is 14.8 Å². The zero-order chi connectivity index (χ0) is 17.4. The highest BCUT2D eigenvalue weighted by Gasteiger charge is 2.11. The van der Waals surface area contributed by atoms with Crippen molar-refractivity contribution in [2.24, 2.45) is 0 Å². The van der Waals surface area contributed by atoms with Crippen molar-refractivity contribution in [2.45, 2.75) is 26.8 Å². The van der Waals surface area contributed by atoms with Crippen LogP contribution in [0.1, 0.15) is 19.4 Å². The van der Waals surface area contributed by atoms with Crippen molar-refractivity contribution in [1.82, 2.24) is 19.5 Å². The smallest absolute Gasteiger partial charge is 0.326 e. The Morgan fingerprint density at radius 3 is 2.73 bits per heavy atom. The van der Waals surface area contributed by atoms with Crippen molar-refractivity contribution >= 4 is 45.8 Å². The van der Waals surface area contributed by atoms with Gasteiger partial charge in [-0.1, -0.05) is 25.1 Å². The third-order valence-electron chi connectivity index (χ3n) is 4.50. The topological polar surface area (TPSA) is 75.6 Å². The van der Waals surface area contributed by atoms with E-state index in [-0.39, 0.29) is 18.1 Å². The third kappa shape index (κ3) is 2.93. The van der Waals surface area contributed by atoms with E-state index in [9.17, 15) is 4.79 Å². The Morgan fingerprint density at radius 1 is 1.15 bits per heavy atom. The lowest BCUT2D eigenvalue weighted by molar-refractivity contribution is 0.753. The Kier molecular flexibility index (Phi) is 4.95. The summed E-state index contributed by atoms with van der Waals surface area (Å²) in [6.07, 6.45) is 2.48. The van der Waals surface area contributed by atoms with E-state index < -0.39 is 0 Å². The molecule has 0 fully saturated rings. The van der Waals surface area contributed by atoms with Crippen molar-refractivity contribution < 1.29 is 0 Å². The molecule has 0 unspecified atom stereocenters. The summed E-state index contributed by atoms with van der Waals surface area (Å²) < 4.78 is 1.70. The summed E-state index contributed by atoms with van der Waals surface area (Å²) >= 11 is 0. The highest BCUT2D eigenvalue weighted by molar-refractivity contribution is 5.99. The van der Waals surface area contributed by atoms with Gasteiger partial charge in [0.15, 0.2) is 0 Å². The number of anilines is 2. The number of rotatable bonds is 4. The number of hydrogen-bond donors (Lipinski definition) is 2. The van der Waals surface area contributed by atoms with Gasteiger partial charge in [-0.2, -0.15) is 0 Å². The summed E-state index contributed by atoms with van der Waals surface area (Å²) in [5.41, 5.74) is 4.61. The maximum atomic E-state index is 12.1. The molecule has 0 radical (unpaired) electrons. The van der Waals surface area contributed by atoms with Crippen molar-refractivity contribution in [3.8, 4) is 0 Å². The van der Waals surface area contributed by atoms with Crippen molar-refractivity contribution in [3.63, 3.8) is 0 Å². The molecule has 2 heterocycles. The van der Waals surface area contributed by atoms with Crippen molar-refractivity contribution in [1.29, 1.82) is 0 Å². The van der Waals surface area contributed by atoms with E-state index in [4.69, 9.17) is 0 Å². The molecule has 0 saturated heterocycles. The third-order valence-corrected chi connectivity index (χ3v) is 4.50. The largest absolute Gasteiger partial charge is 0.339 e. The predicted octanol–water partition coefficient (Wildman–Crippen LogP) is 4.02. The highest BCUT2D eigenvalue weighted by Crippen LogP contribution is 2.28. The fourth-order valence-electron chi connectivity index (χ4n) is 3.20. The first-order chi connectivity index (χ1) is 12.2. The van der Waals surface area contributed by atoms with Crippen LogP contribution in [0, 0.1) is 0 Å². The molecule has 2 aromatic carbocycles. The number of nitrogens with one attached hydrogen (secondary N) is 2. The van der Waals surface area contributed by atoms with Crippen molar-refractivity contribution in [2.75, 3.05) is 5.32 Å². The van der Waals surface area contributed by atoms with Crippen LogP contribution in [0.4, 0.5) is 11.5 Å². The number of aryl methyl sites for hydroxylation is 2. The summed E-state index contributed by atoms with van der Waals surface area (Å²) in [5, 5.41) is 4.30. The number of imidazole rings is 1. The van der Waals surface area contributed by atoms with Gasteiger partial charge in [0, 0.05) is 17.6 Å². The second kappa shape index (κ2) is 7.17. The number of aromatic nitrogens is 4. The van der Waals surface area contributed by atoms with E-state index in [1.165, 1.54) is 5.56 Å². The van der Waals surface area contributed by atoms with Gasteiger partial charge in [-0.15, -0.1) is 12.4 Å². The lowest BCUT2D eigenvalue weighted by Gasteiger charge is -2.12. The quantitative estimate of drug-likeness (QED) is 0.569. The molecular formula is C19H20ClN5O. The van der Waals surface area contributed by atoms with E-state index in [1.807, 2.05) is 37.3 Å². The minimum absolute atomic E-state index is 0. The second-order valence-corrected chi connectivity index (χ2v) is 5.92. The predicted molar refractivity (Wildman–Crippen MR) is 108 cm³/mol. The maximum Gasteiger partial charge on any atom is 0.326 e. The molecule has 0 bridgehead atoms. The van der Waals surface area contributed by atoms with E-state index in [0.717, 1.165) is 39.9 Å². The van der Waals surface area contributed by atoms with Crippen molar-refractivity contribution in [3.05, 3.63) is 58.8 Å². The molecule has 6 nitrogen and oxygen atoms in total. The molecular weight excluding hydrogens is 350 g/mol. The van der Waals surface area contributed by atoms with Gasteiger partial charge < -0.3 is 10.3 Å². The summed E-state index contributed by atoms with van der Waals surface area (Å²) in [6, 6.07) is 12.1. The van der Waals surface area contributed by atoms with Gasteiger partial charge in [-0.05, 0) is 37.1 Å². The van der Waals surface area contributed by atoms with Crippen LogP contribution in [-0.2, 0) is 13.0 Å². The lowest BCUT2D eigenvalue weighted by Crippen LogP contribution is -2.14. The fourth-order valence-corrected chi connectivity index (χ4v) is 3.20. The zero-order valence-corrected chi connectivity index (χ0v) is 15.4. The number of benzene rings is 2. The number of halogens is 1. The van der Waals surface area contributed by atoms with Crippen LogP contribution in [0.15, 0.2) is 47.5 Å². The van der Waals surface area contributed by atoms with Crippen LogP contribution in [0.2, 0.25) is 0 Å². The van der Waals surface area contributed by atoms with Gasteiger partial charge in [0.2, 0.25) is 0 Å². The molecule has 0 amide bonds. The minimum Gasteiger partial charge on any atom is -0.339 e. The van der Waals surface area contributed by atoms with Gasteiger partial charge in [0.05, 0.1) is 16.6 Å². The summed E-state index contributed by atoms with van der Waals surface area (Å²) in [6.45, 7) is 4.69. The molecule has 0 atom stereocenters. The summed E-state index contributed by atoms with van der Waals surface area (Å²) in [5.74, 6) is 0.734. The number of H-pyrrole nitrogens is 1. The molecule has 134 valence electrons. The Morgan fingerprint density at radius 2 is 1.96 bits per heavy atom. The number of hydrogen-bond acceptors (Lipinski definition) is 4. The second-order valence-electron chi connectivity index (χ2n) is 5.92. The molecule has 0 aliphatic heterocycles. The lowest BCUT2D eigenvalue weighted by atomic mass is 10.1. The SMILES string of the molecule is CCc1ccccc1Nc1ncnc2cc3c(cc12)[nH]c(=O)n3CC.Cl. The molecule has 2 aromatic heterocycles. The molecule has 0 aliphatic carbocycles. The Hall–Kier alpha value is -2.86. The van der Waals surface area contributed by atoms with E-state index >= 15 is 0 Å². The van der Waals surface area contributed by atoms with Crippen LogP contribution in [-0.4, -0.2) is 19.5 Å². The molecule has 0 aliphatic rings. The van der Waals surface area contributed by atoms with E-state index in [1.54, 1.807) is 10.9 Å². The molecule has 4 aromatic rings. The van der Waals surface area contributed by atoms with Crippen LogP contribution in [0.3, 0.4) is 0 Å². The number of para-hydroxylation sites is 1. The van der Waals surface area contributed by atoms with E-state index in [2.05, 4.69) is 33.3 Å². The molecule has 0 spiro atoms. The van der Waals surface area contributed by atoms with Gasteiger partial charge in [0.1, 0.15) is 12.1 Å². The first kappa shape index (κ1) is 17.9. The number of aromatic amines is 1. The fraction of sp³-hybridized carbons (Fsp3) is 0.211. The monoisotopic (exact) mass is 369 g/mol. The summed E-state index contributed by atoms with van der Waals surface area (Å²) in [7, 11) is 0. The van der Waals surface area contributed by atoms with Crippen LogP contribution >= 0.6 is 12.4 Å². The average molecular weight is 370 g/mol. The molecule has 2 N–H and O–H groups in total. The Labute approximate surface area is 156 Å². The molecule has 7 heteroatoms. The highest BCUT2D eigenvalue weighted by atomic mass is 35.5. The van der Waals surface area contributed by atoms with Gasteiger partial charge in [0.25, 0.3) is 0 Å². The first-order valence-corrected chi connectivity index (χ1v) is 8.43. The van der Waals surface area contributed by atoms with Crippen LogP contribution in [0.5, 0.6) is 0 Å². The van der Waals surface area contributed by atoms with Crippen LogP contribution in [0.25, 0.3) is 21.9 Å². The molecule has 26 heavy (non-hydrogen) atoms. The average Bonchev–Trinajstić information content (AvgIpc) is 2.94. The Balaban J connectivity index is 0.00000196. The minimum atomic E-state index is -0.105. The van der Waals surface area contributed by atoms with Crippen LogP contribution < -0.4 is 11.0 Å². The standard InChI is InChI=1S/C19H19N5O.ClH/c1-3-12-7-5-6-8-14(12)22-18-13-9-16-17(10-15(13)20-11-21-18)24(4-2)19(25)23-16;/h5-11H,3-4H2,1-2H3,(H,23,25)(H,20,21,22);1H. The van der Waals surface area contributed by atoms with E-state index in [0.29, 0.717) is 6.54 Å². The molecule has 0 saturated carbocycles. The summed E-state index contributed by atoms with van der Waals surface area (Å²) in [4.78, 5) is 23.8. The van der Waals surface area contributed by atoms with Gasteiger partial charge in [-0.3, -0.25) is 4.57 Å². The molecule has 4 rings (SSSR count). The zero-order valence-electron chi connectivity index (χ0n) is 14.6. The number of fused-ring (bicyclic) bond motifs is 2. The van der Waals surface area contributed by atoms with Gasteiger partial charge >= 0.3 is 5.69 Å². The maximum absolute atomic E-state index is 12.1. The Bertz CT molecular complexity index is 1130. The normalized spacial score (nSPS) is 10.8. The number of nitrogens with zero attached hydrogens (tertiary/aromatic N) is 3. The first-order valence-electron chi connectivity index (χ1n) is 8.43.